The number of carbonyl (C=O) groups excluding carboxylic acids is 2. The molecule has 0 amide bonds. The molecule has 6 heteroatoms. The number of carbonyl (C=O) groups is 2. The van der Waals surface area contributed by atoms with Gasteiger partial charge < -0.3 is 18.6 Å². The first kappa shape index (κ1) is 19.9. The number of ether oxygens (including phenoxy) is 3. The SMILES string of the molecule is CCOC(=O)C1C(C)CC2CC(=Cc3ccco3)C(=O)C2C1c1ccc2c(c1)OCO2. The minimum atomic E-state index is -0.381. The Balaban J connectivity index is 1.57. The van der Waals surface area contributed by atoms with Gasteiger partial charge in [-0.2, -0.15) is 0 Å². The fraction of sp³-hybridized carbons (Fsp3) is 0.440. The predicted molar refractivity (Wildman–Crippen MR) is 112 cm³/mol. The Morgan fingerprint density at radius 2 is 2.03 bits per heavy atom. The number of allylic oxidation sites excluding steroid dienone is 1. The quantitative estimate of drug-likeness (QED) is 0.530. The first-order valence-electron chi connectivity index (χ1n) is 10.9. The highest BCUT2D eigenvalue weighted by molar-refractivity contribution is 6.04. The van der Waals surface area contributed by atoms with E-state index in [0.717, 1.165) is 17.6 Å². The van der Waals surface area contributed by atoms with E-state index in [4.69, 9.17) is 18.6 Å². The van der Waals surface area contributed by atoms with Crippen molar-refractivity contribution >= 4 is 17.8 Å². The third-order valence-electron chi connectivity index (χ3n) is 6.87. The number of hydrogen-bond acceptors (Lipinski definition) is 6. The van der Waals surface area contributed by atoms with E-state index in [-0.39, 0.29) is 48.1 Å². The van der Waals surface area contributed by atoms with Gasteiger partial charge in [-0.1, -0.05) is 13.0 Å². The molecule has 2 aromatic rings. The maximum Gasteiger partial charge on any atom is 0.309 e. The molecule has 2 aliphatic carbocycles. The molecule has 0 spiro atoms. The smallest absolute Gasteiger partial charge is 0.309 e. The molecule has 31 heavy (non-hydrogen) atoms. The Morgan fingerprint density at radius 1 is 1.19 bits per heavy atom. The lowest BCUT2D eigenvalue weighted by atomic mass is 9.61. The number of esters is 1. The Labute approximate surface area is 181 Å². The predicted octanol–water partition coefficient (Wildman–Crippen LogP) is 4.60. The molecule has 1 aromatic carbocycles. The number of benzene rings is 1. The van der Waals surface area contributed by atoms with Crippen LogP contribution >= 0.6 is 0 Å². The van der Waals surface area contributed by atoms with E-state index >= 15 is 0 Å². The largest absolute Gasteiger partial charge is 0.466 e. The van der Waals surface area contributed by atoms with Crippen LogP contribution in [0.4, 0.5) is 0 Å². The molecule has 5 rings (SSSR count). The summed E-state index contributed by atoms with van der Waals surface area (Å²) < 4.78 is 21.9. The van der Waals surface area contributed by atoms with Gasteiger partial charge in [-0.05, 0) is 73.1 Å². The second-order valence-corrected chi connectivity index (χ2v) is 8.67. The maximum atomic E-state index is 13.6. The summed E-state index contributed by atoms with van der Waals surface area (Å²) in [5, 5.41) is 0. The second kappa shape index (κ2) is 7.91. The average Bonchev–Trinajstić information content (AvgIpc) is 3.48. The van der Waals surface area contributed by atoms with Crippen molar-refractivity contribution in [3.8, 4) is 11.5 Å². The van der Waals surface area contributed by atoms with Crippen LogP contribution in [0.1, 0.15) is 43.9 Å². The highest BCUT2D eigenvalue weighted by atomic mass is 16.7. The number of ketones is 1. The fourth-order valence-electron chi connectivity index (χ4n) is 5.65. The molecule has 3 aliphatic rings. The summed E-state index contributed by atoms with van der Waals surface area (Å²) in [7, 11) is 0. The van der Waals surface area contributed by atoms with Crippen LogP contribution in [0.15, 0.2) is 46.6 Å². The van der Waals surface area contributed by atoms with Gasteiger partial charge in [0.2, 0.25) is 6.79 Å². The van der Waals surface area contributed by atoms with Crippen molar-refractivity contribution in [1.82, 2.24) is 0 Å². The zero-order chi connectivity index (χ0) is 21.5. The number of hydrogen-bond donors (Lipinski definition) is 0. The average molecular weight is 422 g/mol. The van der Waals surface area contributed by atoms with Crippen molar-refractivity contribution in [2.45, 2.75) is 32.6 Å². The molecule has 162 valence electrons. The zero-order valence-corrected chi connectivity index (χ0v) is 17.7. The van der Waals surface area contributed by atoms with Crippen molar-refractivity contribution in [2.75, 3.05) is 13.4 Å². The van der Waals surface area contributed by atoms with Crippen LogP contribution in [-0.2, 0) is 14.3 Å². The molecule has 5 atom stereocenters. The van der Waals surface area contributed by atoms with Gasteiger partial charge in [0.15, 0.2) is 17.3 Å². The Kier molecular flexibility index (Phi) is 5.08. The van der Waals surface area contributed by atoms with E-state index in [1.165, 1.54) is 0 Å². The van der Waals surface area contributed by atoms with Crippen LogP contribution in [0.2, 0.25) is 0 Å². The van der Waals surface area contributed by atoms with Gasteiger partial charge in [0.1, 0.15) is 5.76 Å². The topological polar surface area (TPSA) is 75.0 Å². The highest BCUT2D eigenvalue weighted by Gasteiger charge is 2.54. The standard InChI is InChI=1S/C25H26O6/c1-3-28-25(27)21-14(2)9-16-10-17(11-18-5-4-8-29-18)24(26)23(16)22(21)15-6-7-19-20(12-15)31-13-30-19/h4-8,11-12,14,16,21-23H,3,9-10,13H2,1-2H3. The summed E-state index contributed by atoms with van der Waals surface area (Å²) in [5.74, 6) is 1.27. The van der Waals surface area contributed by atoms with Gasteiger partial charge in [-0.15, -0.1) is 0 Å². The van der Waals surface area contributed by atoms with Crippen molar-refractivity contribution in [3.05, 3.63) is 53.5 Å². The minimum Gasteiger partial charge on any atom is -0.466 e. The summed E-state index contributed by atoms with van der Waals surface area (Å²) >= 11 is 0. The molecule has 0 saturated heterocycles. The fourth-order valence-corrected chi connectivity index (χ4v) is 5.65. The molecule has 1 aromatic heterocycles. The van der Waals surface area contributed by atoms with E-state index in [9.17, 15) is 9.59 Å². The first-order chi connectivity index (χ1) is 15.1. The van der Waals surface area contributed by atoms with Crippen LogP contribution in [-0.4, -0.2) is 25.2 Å². The van der Waals surface area contributed by atoms with Gasteiger partial charge in [-0.3, -0.25) is 9.59 Å². The number of fused-ring (bicyclic) bond motifs is 2. The van der Waals surface area contributed by atoms with Gasteiger partial charge in [-0.25, -0.2) is 0 Å². The second-order valence-electron chi connectivity index (χ2n) is 8.67. The van der Waals surface area contributed by atoms with E-state index in [2.05, 4.69) is 6.92 Å². The van der Waals surface area contributed by atoms with Crippen molar-refractivity contribution < 1.29 is 28.2 Å². The summed E-state index contributed by atoms with van der Waals surface area (Å²) in [5.41, 5.74) is 1.70. The Bertz CT molecular complexity index is 1020. The van der Waals surface area contributed by atoms with Gasteiger partial charge in [0, 0.05) is 11.8 Å². The van der Waals surface area contributed by atoms with Gasteiger partial charge >= 0.3 is 5.97 Å². The molecule has 2 saturated carbocycles. The number of furan rings is 1. The molecule has 1 aliphatic heterocycles. The normalized spacial score (nSPS) is 30.5. The monoisotopic (exact) mass is 422 g/mol. The lowest BCUT2D eigenvalue weighted by Gasteiger charge is -2.42. The molecule has 2 heterocycles. The molecule has 0 N–H and O–H groups in total. The molecule has 0 bridgehead atoms. The Morgan fingerprint density at radius 3 is 2.81 bits per heavy atom. The highest BCUT2D eigenvalue weighted by Crippen LogP contribution is 2.55. The molecular formula is C25H26O6. The lowest BCUT2D eigenvalue weighted by molar-refractivity contribution is -0.154. The molecule has 5 unspecified atom stereocenters. The molecular weight excluding hydrogens is 396 g/mol. The van der Waals surface area contributed by atoms with E-state index < -0.39 is 0 Å². The first-order valence-corrected chi connectivity index (χ1v) is 10.9. The molecule has 6 nitrogen and oxygen atoms in total. The zero-order valence-electron chi connectivity index (χ0n) is 17.7. The third-order valence-corrected chi connectivity index (χ3v) is 6.87. The van der Waals surface area contributed by atoms with Gasteiger partial charge in [0.05, 0.1) is 18.8 Å². The van der Waals surface area contributed by atoms with Crippen LogP contribution < -0.4 is 9.47 Å². The van der Waals surface area contributed by atoms with Crippen molar-refractivity contribution in [2.24, 2.45) is 23.7 Å². The van der Waals surface area contributed by atoms with Crippen LogP contribution in [0.25, 0.3) is 6.08 Å². The molecule has 0 radical (unpaired) electrons. The lowest BCUT2D eigenvalue weighted by Crippen LogP contribution is -2.42. The van der Waals surface area contributed by atoms with Crippen molar-refractivity contribution in [1.29, 1.82) is 0 Å². The van der Waals surface area contributed by atoms with Gasteiger partial charge in [0.25, 0.3) is 0 Å². The summed E-state index contributed by atoms with van der Waals surface area (Å²) in [6.07, 6.45) is 4.97. The van der Waals surface area contributed by atoms with E-state index in [1.807, 2.05) is 43.3 Å². The van der Waals surface area contributed by atoms with Crippen LogP contribution in [0, 0.1) is 23.7 Å². The minimum absolute atomic E-state index is 0.102. The number of rotatable bonds is 4. The van der Waals surface area contributed by atoms with Crippen LogP contribution in [0.5, 0.6) is 11.5 Å². The Hall–Kier alpha value is -3.02. The summed E-state index contributed by atoms with van der Waals surface area (Å²) in [6, 6.07) is 9.42. The maximum absolute atomic E-state index is 13.6. The molecule has 2 fully saturated rings. The number of Topliss-reactive ketones (excluding diaryl/α,β-unsaturated/α-hetero) is 1. The van der Waals surface area contributed by atoms with E-state index in [0.29, 0.717) is 30.3 Å². The summed E-state index contributed by atoms with van der Waals surface area (Å²) in [4.78, 5) is 26.6. The van der Waals surface area contributed by atoms with E-state index in [1.54, 1.807) is 6.26 Å². The van der Waals surface area contributed by atoms with Crippen LogP contribution in [0.3, 0.4) is 0 Å². The van der Waals surface area contributed by atoms with Crippen molar-refractivity contribution in [3.63, 3.8) is 0 Å². The summed E-state index contributed by atoms with van der Waals surface area (Å²) in [6.45, 7) is 4.41. The third kappa shape index (κ3) is 3.44.